The lowest BCUT2D eigenvalue weighted by Gasteiger charge is -2.41. The SMILES string of the molecule is Cn1nc(-c2ccc(OC3CCN(C4CCC4)CC3)cc2)ccc1=O.Cn1nc(-c2ccc(OC3CCNCC3)cc2)ccc1=O. The molecule has 242 valence electrons. The minimum absolute atomic E-state index is 0.100. The van der Waals surface area contributed by atoms with Gasteiger partial charge in [0.05, 0.1) is 11.4 Å². The highest BCUT2D eigenvalue weighted by atomic mass is 16.5. The molecule has 10 heteroatoms. The van der Waals surface area contributed by atoms with E-state index in [0.29, 0.717) is 12.2 Å². The molecule has 0 bridgehead atoms. The summed E-state index contributed by atoms with van der Waals surface area (Å²) in [6.07, 6.45) is 9.09. The minimum Gasteiger partial charge on any atom is -0.490 e. The van der Waals surface area contributed by atoms with Crippen molar-refractivity contribution in [3.05, 3.63) is 93.5 Å². The standard InChI is InChI=1S/C20H25N3O2.C16H19N3O2/c1-22-20(24)10-9-19(21-22)15-5-7-17(8-6-15)25-18-11-13-23(14-12-18)16-3-2-4-16;1-19-16(20)7-6-15(18-19)12-2-4-13(5-3-12)21-14-8-10-17-11-9-14/h5-10,16,18H,2-4,11-14H2,1H3;2-7,14,17H,8-11H2,1H3. The van der Waals surface area contributed by atoms with Gasteiger partial charge in [0, 0.05) is 56.5 Å². The fourth-order valence-corrected chi connectivity index (χ4v) is 6.13. The van der Waals surface area contributed by atoms with Crippen molar-refractivity contribution < 1.29 is 9.47 Å². The summed E-state index contributed by atoms with van der Waals surface area (Å²) in [6.45, 7) is 4.36. The highest BCUT2D eigenvalue weighted by Crippen LogP contribution is 2.29. The summed E-state index contributed by atoms with van der Waals surface area (Å²) in [5, 5.41) is 11.9. The molecule has 3 fully saturated rings. The van der Waals surface area contributed by atoms with E-state index in [2.05, 4.69) is 20.4 Å². The Morgan fingerprint density at radius 3 is 1.48 bits per heavy atom. The zero-order valence-electron chi connectivity index (χ0n) is 26.8. The van der Waals surface area contributed by atoms with Crippen LogP contribution in [0, 0.1) is 0 Å². The van der Waals surface area contributed by atoms with Crippen molar-refractivity contribution in [3.8, 4) is 34.0 Å². The molecule has 0 atom stereocenters. The molecule has 0 unspecified atom stereocenters. The van der Waals surface area contributed by atoms with E-state index in [1.807, 2.05) is 48.5 Å². The van der Waals surface area contributed by atoms with Gasteiger partial charge in [-0.25, -0.2) is 9.36 Å². The van der Waals surface area contributed by atoms with Crippen molar-refractivity contribution in [1.29, 1.82) is 0 Å². The van der Waals surface area contributed by atoms with Crippen LogP contribution >= 0.6 is 0 Å². The molecule has 0 radical (unpaired) electrons. The van der Waals surface area contributed by atoms with Crippen LogP contribution in [0.5, 0.6) is 11.5 Å². The van der Waals surface area contributed by atoms with E-state index in [1.165, 1.54) is 34.7 Å². The Hall–Kier alpha value is -4.28. The first-order valence-electron chi connectivity index (χ1n) is 16.5. The van der Waals surface area contributed by atoms with Crippen LogP contribution in [0.4, 0.5) is 0 Å². The molecule has 0 amide bonds. The van der Waals surface area contributed by atoms with Gasteiger partial charge < -0.3 is 19.7 Å². The molecule has 2 aromatic carbocycles. The van der Waals surface area contributed by atoms with E-state index < -0.39 is 0 Å². The van der Waals surface area contributed by atoms with Gasteiger partial charge in [-0.05, 0) is 112 Å². The number of nitrogens with one attached hydrogen (secondary N) is 1. The van der Waals surface area contributed by atoms with E-state index in [9.17, 15) is 9.59 Å². The highest BCUT2D eigenvalue weighted by Gasteiger charge is 2.29. The van der Waals surface area contributed by atoms with Crippen LogP contribution in [-0.4, -0.2) is 68.9 Å². The number of hydrogen-bond acceptors (Lipinski definition) is 8. The first-order chi connectivity index (χ1) is 22.4. The third-order valence-corrected chi connectivity index (χ3v) is 9.18. The Morgan fingerprint density at radius 2 is 1.07 bits per heavy atom. The van der Waals surface area contributed by atoms with Gasteiger partial charge in [0.15, 0.2) is 0 Å². The number of aryl methyl sites for hydroxylation is 2. The van der Waals surface area contributed by atoms with Gasteiger partial charge in [-0.2, -0.15) is 10.2 Å². The number of rotatable bonds is 7. The van der Waals surface area contributed by atoms with Gasteiger partial charge in [0.2, 0.25) is 0 Å². The van der Waals surface area contributed by atoms with E-state index in [-0.39, 0.29) is 11.1 Å². The molecule has 46 heavy (non-hydrogen) atoms. The molecule has 1 saturated carbocycles. The molecule has 3 aliphatic rings. The van der Waals surface area contributed by atoms with Crippen LogP contribution in [-0.2, 0) is 14.1 Å². The van der Waals surface area contributed by atoms with Gasteiger partial charge in [-0.3, -0.25) is 9.59 Å². The molecule has 1 N–H and O–H groups in total. The average Bonchev–Trinajstić information content (AvgIpc) is 3.05. The number of piperidine rings is 2. The predicted molar refractivity (Wildman–Crippen MR) is 179 cm³/mol. The van der Waals surface area contributed by atoms with Crippen molar-refractivity contribution in [3.63, 3.8) is 0 Å². The topological polar surface area (TPSA) is 104 Å². The molecule has 0 spiro atoms. The van der Waals surface area contributed by atoms with Gasteiger partial charge >= 0.3 is 0 Å². The second-order valence-electron chi connectivity index (χ2n) is 12.4. The van der Waals surface area contributed by atoms with Gasteiger partial charge in [-0.15, -0.1) is 0 Å². The van der Waals surface area contributed by atoms with Crippen molar-refractivity contribution >= 4 is 0 Å². The number of nitrogens with zero attached hydrogens (tertiary/aromatic N) is 5. The van der Waals surface area contributed by atoms with Crippen LogP contribution in [0.3, 0.4) is 0 Å². The zero-order valence-corrected chi connectivity index (χ0v) is 26.8. The maximum absolute atomic E-state index is 11.4. The maximum Gasteiger partial charge on any atom is 0.266 e. The molecule has 4 heterocycles. The molecular formula is C36H44N6O4. The largest absolute Gasteiger partial charge is 0.490 e. The Morgan fingerprint density at radius 1 is 0.609 bits per heavy atom. The summed E-state index contributed by atoms with van der Waals surface area (Å²) in [6, 6.07) is 23.3. The third kappa shape index (κ3) is 8.10. The lowest BCUT2D eigenvalue weighted by atomic mass is 9.90. The maximum atomic E-state index is 11.4. The molecular weight excluding hydrogens is 580 g/mol. The van der Waals surface area contributed by atoms with Gasteiger partial charge in [-0.1, -0.05) is 6.42 Å². The van der Waals surface area contributed by atoms with Crippen LogP contribution in [0.1, 0.15) is 44.9 Å². The fourth-order valence-electron chi connectivity index (χ4n) is 6.13. The van der Waals surface area contributed by atoms with E-state index >= 15 is 0 Å². The smallest absolute Gasteiger partial charge is 0.266 e. The monoisotopic (exact) mass is 624 g/mol. The summed E-state index contributed by atoms with van der Waals surface area (Å²) in [5.74, 6) is 1.80. The summed E-state index contributed by atoms with van der Waals surface area (Å²) in [4.78, 5) is 25.4. The Bertz CT molecular complexity index is 1680. The van der Waals surface area contributed by atoms with E-state index in [0.717, 1.165) is 91.9 Å². The Balaban J connectivity index is 0.000000164. The fraction of sp³-hybridized carbons (Fsp3) is 0.444. The third-order valence-electron chi connectivity index (χ3n) is 9.18. The van der Waals surface area contributed by atoms with Crippen LogP contribution in [0.2, 0.25) is 0 Å². The normalized spacial score (nSPS) is 17.9. The highest BCUT2D eigenvalue weighted by molar-refractivity contribution is 5.60. The van der Waals surface area contributed by atoms with Crippen molar-refractivity contribution in [2.45, 2.75) is 63.2 Å². The lowest BCUT2D eigenvalue weighted by molar-refractivity contribution is 0.0493. The number of benzene rings is 2. The molecule has 7 rings (SSSR count). The molecule has 4 aromatic rings. The summed E-state index contributed by atoms with van der Waals surface area (Å²) in [7, 11) is 3.32. The summed E-state index contributed by atoms with van der Waals surface area (Å²) < 4.78 is 14.8. The molecule has 10 nitrogen and oxygen atoms in total. The zero-order chi connectivity index (χ0) is 31.9. The van der Waals surface area contributed by atoms with Crippen molar-refractivity contribution in [1.82, 2.24) is 29.8 Å². The van der Waals surface area contributed by atoms with Crippen molar-refractivity contribution in [2.24, 2.45) is 14.1 Å². The molecule has 1 aliphatic carbocycles. The first kappa shape index (κ1) is 31.7. The molecule has 2 saturated heterocycles. The lowest BCUT2D eigenvalue weighted by Crippen LogP contribution is -2.46. The van der Waals surface area contributed by atoms with Crippen LogP contribution in [0.25, 0.3) is 22.5 Å². The van der Waals surface area contributed by atoms with Gasteiger partial charge in [0.1, 0.15) is 23.7 Å². The average molecular weight is 625 g/mol. The minimum atomic E-state index is -0.107. The summed E-state index contributed by atoms with van der Waals surface area (Å²) >= 11 is 0. The van der Waals surface area contributed by atoms with E-state index in [4.69, 9.17) is 9.47 Å². The van der Waals surface area contributed by atoms with Gasteiger partial charge in [0.25, 0.3) is 11.1 Å². The van der Waals surface area contributed by atoms with Crippen LogP contribution in [0.15, 0.2) is 82.4 Å². The van der Waals surface area contributed by atoms with Crippen LogP contribution < -0.4 is 25.9 Å². The number of ether oxygens (including phenoxy) is 2. The second-order valence-corrected chi connectivity index (χ2v) is 12.4. The number of hydrogen-bond donors (Lipinski definition) is 1. The Kier molecular flexibility index (Phi) is 10.2. The molecule has 2 aliphatic heterocycles. The number of likely N-dealkylation sites (tertiary alicyclic amines) is 1. The van der Waals surface area contributed by atoms with Crippen molar-refractivity contribution in [2.75, 3.05) is 26.2 Å². The predicted octanol–water partition coefficient (Wildman–Crippen LogP) is 4.42. The summed E-state index contributed by atoms with van der Waals surface area (Å²) in [5.41, 5.74) is 3.33. The second kappa shape index (κ2) is 14.9. The van der Waals surface area contributed by atoms with E-state index in [1.54, 1.807) is 32.3 Å². The Labute approximate surface area is 270 Å². The quantitative estimate of drug-likeness (QED) is 0.323. The number of aromatic nitrogens is 4. The first-order valence-corrected chi connectivity index (χ1v) is 16.5. The molecule has 2 aromatic heterocycles.